The van der Waals surface area contributed by atoms with E-state index in [-0.39, 0.29) is 6.10 Å². The third kappa shape index (κ3) is 5.57. The van der Waals surface area contributed by atoms with Gasteiger partial charge in [-0.1, -0.05) is 20.3 Å². The lowest BCUT2D eigenvalue weighted by Crippen LogP contribution is -2.43. The molecule has 19 heavy (non-hydrogen) atoms. The van der Waals surface area contributed by atoms with Crippen molar-refractivity contribution in [3.8, 4) is 0 Å². The van der Waals surface area contributed by atoms with E-state index in [4.69, 9.17) is 10.5 Å². The van der Waals surface area contributed by atoms with Gasteiger partial charge >= 0.3 is 0 Å². The van der Waals surface area contributed by atoms with Crippen LogP contribution in [0.4, 0.5) is 5.82 Å². The summed E-state index contributed by atoms with van der Waals surface area (Å²) in [6.07, 6.45) is 6.25. The number of anilines is 1. The summed E-state index contributed by atoms with van der Waals surface area (Å²) in [5.74, 6) is 0.580. The first-order chi connectivity index (χ1) is 9.21. The molecule has 0 aliphatic carbocycles. The third-order valence-corrected chi connectivity index (χ3v) is 3.28. The van der Waals surface area contributed by atoms with Crippen LogP contribution in [0.5, 0.6) is 0 Å². The van der Waals surface area contributed by atoms with E-state index < -0.39 is 0 Å². The molecule has 0 aromatic carbocycles. The number of nitrogens with two attached hydrogens (primary N) is 1. The summed E-state index contributed by atoms with van der Waals surface area (Å²) in [6.45, 7) is 5.37. The summed E-state index contributed by atoms with van der Waals surface area (Å²) in [5.41, 5.74) is 6.95. The van der Waals surface area contributed by atoms with Crippen molar-refractivity contribution >= 4 is 5.82 Å². The summed E-state index contributed by atoms with van der Waals surface area (Å²) in [4.78, 5) is 4.04. The molecule has 108 valence electrons. The molecule has 0 fully saturated rings. The number of nitrogens with one attached hydrogen (secondary N) is 1. The molecule has 1 heterocycles. The Morgan fingerprint density at radius 1 is 1.37 bits per heavy atom. The second-order valence-electron chi connectivity index (χ2n) is 4.92. The van der Waals surface area contributed by atoms with Gasteiger partial charge in [0.05, 0.1) is 6.10 Å². The Bertz CT molecular complexity index is 357. The molecule has 0 radical (unpaired) electrons. The van der Waals surface area contributed by atoms with E-state index >= 15 is 0 Å². The Hall–Kier alpha value is -1.13. The zero-order valence-corrected chi connectivity index (χ0v) is 12.4. The van der Waals surface area contributed by atoms with Crippen molar-refractivity contribution < 1.29 is 4.74 Å². The molecular weight excluding hydrogens is 238 g/mol. The van der Waals surface area contributed by atoms with Crippen LogP contribution in [0.2, 0.25) is 0 Å². The number of hydrogen-bond acceptors (Lipinski definition) is 4. The van der Waals surface area contributed by atoms with Crippen molar-refractivity contribution in [1.82, 2.24) is 10.3 Å². The normalized spacial score (nSPS) is 14.3. The largest absolute Gasteiger partial charge is 0.384 e. The zero-order valence-electron chi connectivity index (χ0n) is 12.4. The predicted octanol–water partition coefficient (Wildman–Crippen LogP) is 2.39. The summed E-state index contributed by atoms with van der Waals surface area (Å²) < 4.78 is 5.64. The summed E-state index contributed by atoms with van der Waals surface area (Å²) in [7, 11) is 1.79. The predicted molar refractivity (Wildman–Crippen MR) is 80.1 cm³/mol. The fourth-order valence-electron chi connectivity index (χ4n) is 2.31. The van der Waals surface area contributed by atoms with Crippen LogP contribution in [-0.2, 0) is 11.2 Å². The fourth-order valence-corrected chi connectivity index (χ4v) is 2.31. The van der Waals surface area contributed by atoms with Gasteiger partial charge in [-0.15, -0.1) is 0 Å². The van der Waals surface area contributed by atoms with Gasteiger partial charge in [0, 0.05) is 19.3 Å². The Morgan fingerprint density at radius 3 is 2.74 bits per heavy atom. The first kappa shape index (κ1) is 15.9. The molecule has 4 heteroatoms. The maximum atomic E-state index is 5.74. The Labute approximate surface area is 116 Å². The van der Waals surface area contributed by atoms with Gasteiger partial charge in [0.2, 0.25) is 0 Å². The van der Waals surface area contributed by atoms with E-state index in [1.165, 1.54) is 5.56 Å². The van der Waals surface area contributed by atoms with Crippen molar-refractivity contribution in [3.63, 3.8) is 0 Å². The quantitative estimate of drug-likeness (QED) is 0.720. The number of hydrogen-bond donors (Lipinski definition) is 2. The molecule has 0 spiro atoms. The lowest BCUT2D eigenvalue weighted by Gasteiger charge is -2.27. The van der Waals surface area contributed by atoms with Crippen molar-refractivity contribution in [1.29, 1.82) is 0 Å². The summed E-state index contributed by atoms with van der Waals surface area (Å²) in [6, 6.07) is 4.29. The number of nitrogens with zero attached hydrogens (tertiary/aromatic N) is 1. The molecule has 2 atom stereocenters. The summed E-state index contributed by atoms with van der Waals surface area (Å²) in [5, 5.41) is 3.59. The average Bonchev–Trinajstić information content (AvgIpc) is 2.41. The molecule has 1 aromatic rings. The smallest absolute Gasteiger partial charge is 0.123 e. The molecule has 0 aliphatic heterocycles. The van der Waals surface area contributed by atoms with Crippen molar-refractivity contribution in [3.05, 3.63) is 23.9 Å². The van der Waals surface area contributed by atoms with Crippen LogP contribution in [0.3, 0.4) is 0 Å². The minimum absolute atomic E-state index is 0.242. The van der Waals surface area contributed by atoms with Crippen LogP contribution < -0.4 is 11.1 Å². The number of methoxy groups -OCH3 is 1. The Morgan fingerprint density at radius 2 is 2.16 bits per heavy atom. The number of ether oxygens (including phenoxy) is 1. The molecule has 1 aromatic heterocycles. The maximum Gasteiger partial charge on any atom is 0.123 e. The van der Waals surface area contributed by atoms with Crippen LogP contribution in [0.15, 0.2) is 18.3 Å². The average molecular weight is 265 g/mol. The molecule has 3 N–H and O–H groups in total. The van der Waals surface area contributed by atoms with Gasteiger partial charge in [-0.05, 0) is 43.5 Å². The molecule has 0 amide bonds. The first-order valence-corrected chi connectivity index (χ1v) is 7.17. The second-order valence-corrected chi connectivity index (χ2v) is 4.92. The molecule has 1 rings (SSSR count). The lowest BCUT2D eigenvalue weighted by atomic mass is 9.98. The molecule has 0 bridgehead atoms. The van der Waals surface area contributed by atoms with Crippen LogP contribution in [0.1, 0.15) is 38.7 Å². The van der Waals surface area contributed by atoms with Gasteiger partial charge < -0.3 is 15.8 Å². The minimum Gasteiger partial charge on any atom is -0.384 e. The third-order valence-electron chi connectivity index (χ3n) is 3.28. The first-order valence-electron chi connectivity index (χ1n) is 7.17. The highest BCUT2D eigenvalue weighted by molar-refractivity contribution is 5.32. The standard InChI is InChI=1S/C15H27N3O/c1-4-6-14(19-3)13(17-8-5-2)10-12-7-9-18-15(16)11-12/h7,9,11,13-14,17H,4-6,8,10H2,1-3H3,(H2,16,18). The van der Waals surface area contributed by atoms with Gasteiger partial charge in [0.1, 0.15) is 5.82 Å². The van der Waals surface area contributed by atoms with Crippen LogP contribution in [-0.4, -0.2) is 30.8 Å². The number of rotatable bonds is 9. The van der Waals surface area contributed by atoms with Gasteiger partial charge in [0.15, 0.2) is 0 Å². The minimum atomic E-state index is 0.242. The molecule has 4 nitrogen and oxygen atoms in total. The van der Waals surface area contributed by atoms with Gasteiger partial charge in [0.25, 0.3) is 0 Å². The van der Waals surface area contributed by atoms with Crippen LogP contribution >= 0.6 is 0 Å². The Kier molecular flexibility index (Phi) is 7.45. The van der Waals surface area contributed by atoms with E-state index in [9.17, 15) is 0 Å². The van der Waals surface area contributed by atoms with Crippen molar-refractivity contribution in [2.75, 3.05) is 19.4 Å². The monoisotopic (exact) mass is 265 g/mol. The van der Waals surface area contributed by atoms with Crippen LogP contribution in [0.25, 0.3) is 0 Å². The van der Waals surface area contributed by atoms with Gasteiger partial charge in [-0.3, -0.25) is 0 Å². The van der Waals surface area contributed by atoms with Gasteiger partial charge in [-0.25, -0.2) is 4.98 Å². The molecule has 0 saturated carbocycles. The van der Waals surface area contributed by atoms with Crippen LogP contribution in [0, 0.1) is 0 Å². The molecular formula is C15H27N3O. The van der Waals surface area contributed by atoms with E-state index in [1.807, 2.05) is 12.1 Å². The zero-order chi connectivity index (χ0) is 14.1. The van der Waals surface area contributed by atoms with E-state index in [1.54, 1.807) is 13.3 Å². The number of pyridine rings is 1. The number of nitrogen functional groups attached to an aromatic ring is 1. The van der Waals surface area contributed by atoms with E-state index in [0.29, 0.717) is 11.9 Å². The van der Waals surface area contributed by atoms with Crippen molar-refractivity contribution in [2.24, 2.45) is 0 Å². The van der Waals surface area contributed by atoms with Crippen molar-refractivity contribution in [2.45, 2.75) is 51.7 Å². The summed E-state index contributed by atoms with van der Waals surface area (Å²) >= 11 is 0. The lowest BCUT2D eigenvalue weighted by molar-refractivity contribution is 0.0609. The molecule has 0 saturated heterocycles. The molecule has 2 unspecified atom stereocenters. The van der Waals surface area contributed by atoms with Gasteiger partial charge in [-0.2, -0.15) is 0 Å². The molecule has 0 aliphatic rings. The Balaban J connectivity index is 2.72. The fraction of sp³-hybridized carbons (Fsp3) is 0.667. The highest BCUT2D eigenvalue weighted by atomic mass is 16.5. The van der Waals surface area contributed by atoms with E-state index in [0.717, 1.165) is 32.2 Å². The van der Waals surface area contributed by atoms with E-state index in [2.05, 4.69) is 24.1 Å². The maximum absolute atomic E-state index is 5.74. The number of aromatic nitrogens is 1. The topological polar surface area (TPSA) is 60.2 Å². The second kappa shape index (κ2) is 8.88. The SMILES string of the molecule is CCCNC(Cc1ccnc(N)c1)C(CCC)OC. The highest BCUT2D eigenvalue weighted by Gasteiger charge is 2.20. The highest BCUT2D eigenvalue weighted by Crippen LogP contribution is 2.13.